The number of ketones is 1. The van der Waals surface area contributed by atoms with Gasteiger partial charge in [-0.05, 0) is 67.6 Å². The van der Waals surface area contributed by atoms with Crippen LogP contribution in [0.5, 0.6) is 0 Å². The fourth-order valence-electron chi connectivity index (χ4n) is 3.29. The lowest BCUT2D eigenvalue weighted by Crippen LogP contribution is -2.25. The zero-order chi connectivity index (χ0) is 22.8. The van der Waals surface area contributed by atoms with E-state index in [1.807, 2.05) is 0 Å². The maximum absolute atomic E-state index is 13.3. The summed E-state index contributed by atoms with van der Waals surface area (Å²) in [5.74, 6) is -1.39. The highest BCUT2D eigenvalue weighted by Crippen LogP contribution is 2.16. The van der Waals surface area contributed by atoms with Gasteiger partial charge in [-0.3, -0.25) is 14.4 Å². The first kappa shape index (κ1) is 21.6. The van der Waals surface area contributed by atoms with Crippen LogP contribution in [0, 0.1) is 12.7 Å². The zero-order valence-corrected chi connectivity index (χ0v) is 18.5. The molecule has 0 aliphatic carbocycles. The fourth-order valence-corrected chi connectivity index (χ4v) is 3.55. The Labute approximate surface area is 190 Å². The van der Waals surface area contributed by atoms with Crippen LogP contribution in [0.15, 0.2) is 76.1 Å². The van der Waals surface area contributed by atoms with E-state index in [4.69, 9.17) is 0 Å². The summed E-state index contributed by atoms with van der Waals surface area (Å²) >= 11 is 3.34. The molecule has 1 N–H and O–H groups in total. The van der Waals surface area contributed by atoms with Crippen molar-refractivity contribution in [2.75, 3.05) is 5.32 Å². The third-order valence-corrected chi connectivity index (χ3v) is 5.38. The number of carbonyl (C=O) groups excluding carboxylic acids is 2. The Bertz CT molecular complexity index is 1400. The number of halogens is 2. The number of hydrogen-bond acceptors (Lipinski definition) is 4. The first-order valence-corrected chi connectivity index (χ1v) is 10.5. The highest BCUT2D eigenvalue weighted by atomic mass is 79.9. The summed E-state index contributed by atoms with van der Waals surface area (Å²) in [7, 11) is 0. The van der Waals surface area contributed by atoms with Crippen molar-refractivity contribution in [2.24, 2.45) is 0 Å². The van der Waals surface area contributed by atoms with Crippen LogP contribution in [0.4, 0.5) is 10.1 Å². The van der Waals surface area contributed by atoms with Crippen molar-refractivity contribution in [3.63, 3.8) is 0 Å². The van der Waals surface area contributed by atoms with Gasteiger partial charge in [-0.25, -0.2) is 9.37 Å². The number of benzene rings is 2. The predicted octanol–water partition coefficient (Wildman–Crippen LogP) is 4.48. The number of nitrogens with one attached hydrogen (secondary N) is 1. The number of aryl methyl sites for hydroxylation is 1. The molecule has 0 radical (unpaired) electrons. The molecule has 0 unspecified atom stereocenters. The topological polar surface area (TPSA) is 81.1 Å². The molecule has 0 saturated carbocycles. The molecule has 1 amide bonds. The summed E-state index contributed by atoms with van der Waals surface area (Å²) in [6, 6.07) is 15.3. The van der Waals surface area contributed by atoms with Gasteiger partial charge in [-0.15, -0.1) is 0 Å². The van der Waals surface area contributed by atoms with Crippen LogP contribution in [0.3, 0.4) is 0 Å². The van der Waals surface area contributed by atoms with Crippen molar-refractivity contribution in [3.05, 3.63) is 104 Å². The van der Waals surface area contributed by atoms with Crippen molar-refractivity contribution in [1.29, 1.82) is 0 Å². The van der Waals surface area contributed by atoms with Crippen LogP contribution < -0.4 is 10.7 Å². The number of nitrogens with zero attached hydrogens (tertiary/aromatic N) is 2. The van der Waals surface area contributed by atoms with Crippen LogP contribution >= 0.6 is 15.9 Å². The molecule has 0 saturated heterocycles. The monoisotopic (exact) mass is 493 g/mol. The van der Waals surface area contributed by atoms with E-state index < -0.39 is 17.0 Å². The minimum absolute atomic E-state index is 0.119. The second-order valence-electron chi connectivity index (χ2n) is 7.21. The third kappa shape index (κ3) is 4.50. The Hall–Kier alpha value is -3.65. The van der Waals surface area contributed by atoms with E-state index in [1.54, 1.807) is 43.3 Å². The standard InChI is InChI=1S/C24H17BrFN3O3/c1-14-2-11-19-23(32)20(22(31)15-3-7-17(26)8-4-15)12-29(24(19)27-14)13-21(30)28-18-9-5-16(25)6-10-18/h2-12H,13H2,1H3,(H,28,30). The van der Waals surface area contributed by atoms with Gasteiger partial charge >= 0.3 is 0 Å². The maximum Gasteiger partial charge on any atom is 0.244 e. The van der Waals surface area contributed by atoms with Crippen molar-refractivity contribution < 1.29 is 14.0 Å². The van der Waals surface area contributed by atoms with E-state index in [1.165, 1.54) is 22.9 Å². The molecule has 0 bridgehead atoms. The summed E-state index contributed by atoms with van der Waals surface area (Å²) in [6.07, 6.45) is 1.34. The number of fused-ring (bicyclic) bond motifs is 1. The molecular formula is C24H17BrFN3O3. The summed E-state index contributed by atoms with van der Waals surface area (Å²) in [4.78, 5) is 43.1. The largest absolute Gasteiger partial charge is 0.325 e. The molecule has 0 fully saturated rings. The molecule has 2 aromatic carbocycles. The van der Waals surface area contributed by atoms with E-state index >= 15 is 0 Å². The second-order valence-corrected chi connectivity index (χ2v) is 8.13. The van der Waals surface area contributed by atoms with E-state index in [-0.39, 0.29) is 29.0 Å². The molecule has 0 atom stereocenters. The summed E-state index contributed by atoms with van der Waals surface area (Å²) in [6.45, 7) is 1.61. The number of pyridine rings is 2. The summed E-state index contributed by atoms with van der Waals surface area (Å²) in [5.41, 5.74) is 1.13. The Balaban J connectivity index is 1.75. The number of rotatable bonds is 5. The SMILES string of the molecule is Cc1ccc2c(=O)c(C(=O)c3ccc(F)cc3)cn(CC(=O)Nc3ccc(Br)cc3)c2n1. The maximum atomic E-state index is 13.3. The van der Waals surface area contributed by atoms with Gasteiger partial charge in [-0.1, -0.05) is 15.9 Å². The minimum Gasteiger partial charge on any atom is -0.325 e. The van der Waals surface area contributed by atoms with Crippen LogP contribution in [0.25, 0.3) is 11.0 Å². The van der Waals surface area contributed by atoms with E-state index in [9.17, 15) is 18.8 Å². The van der Waals surface area contributed by atoms with Gasteiger partial charge in [0, 0.05) is 27.6 Å². The van der Waals surface area contributed by atoms with Gasteiger partial charge in [0.15, 0.2) is 5.78 Å². The number of aromatic nitrogens is 2. The third-order valence-electron chi connectivity index (χ3n) is 4.85. The molecule has 160 valence electrons. The predicted molar refractivity (Wildman–Crippen MR) is 123 cm³/mol. The fraction of sp³-hybridized carbons (Fsp3) is 0.0833. The summed E-state index contributed by atoms with van der Waals surface area (Å²) in [5, 5.41) is 3.01. The molecular weight excluding hydrogens is 477 g/mol. The molecule has 4 rings (SSSR count). The average molecular weight is 494 g/mol. The molecule has 0 aliphatic rings. The van der Waals surface area contributed by atoms with E-state index in [0.29, 0.717) is 17.0 Å². The van der Waals surface area contributed by atoms with Gasteiger partial charge in [0.25, 0.3) is 0 Å². The van der Waals surface area contributed by atoms with Crippen molar-refractivity contribution in [2.45, 2.75) is 13.5 Å². The molecule has 2 aromatic heterocycles. The summed E-state index contributed by atoms with van der Waals surface area (Å²) < 4.78 is 15.6. The zero-order valence-electron chi connectivity index (χ0n) is 16.9. The van der Waals surface area contributed by atoms with Crippen molar-refractivity contribution in [1.82, 2.24) is 9.55 Å². The van der Waals surface area contributed by atoms with Gasteiger partial charge < -0.3 is 9.88 Å². The van der Waals surface area contributed by atoms with Gasteiger partial charge in [-0.2, -0.15) is 0 Å². The normalized spacial score (nSPS) is 10.8. The van der Waals surface area contributed by atoms with Crippen LogP contribution in [-0.4, -0.2) is 21.2 Å². The molecule has 4 aromatic rings. The van der Waals surface area contributed by atoms with Gasteiger partial charge in [0.2, 0.25) is 11.3 Å². The molecule has 8 heteroatoms. The molecule has 0 spiro atoms. The molecule has 0 aliphatic heterocycles. The number of anilines is 1. The highest BCUT2D eigenvalue weighted by molar-refractivity contribution is 9.10. The first-order chi connectivity index (χ1) is 15.3. The van der Waals surface area contributed by atoms with Gasteiger partial charge in [0.1, 0.15) is 18.0 Å². The van der Waals surface area contributed by atoms with Crippen LogP contribution in [-0.2, 0) is 11.3 Å². The molecule has 2 heterocycles. The van der Waals surface area contributed by atoms with E-state index in [2.05, 4.69) is 26.2 Å². The molecule has 32 heavy (non-hydrogen) atoms. The Morgan fingerprint density at radius 1 is 1.03 bits per heavy atom. The highest BCUT2D eigenvalue weighted by Gasteiger charge is 2.19. The second kappa shape index (κ2) is 8.84. The lowest BCUT2D eigenvalue weighted by atomic mass is 10.0. The Morgan fingerprint density at radius 2 is 1.72 bits per heavy atom. The van der Waals surface area contributed by atoms with Crippen molar-refractivity contribution >= 4 is 44.3 Å². The average Bonchev–Trinajstić information content (AvgIpc) is 2.77. The Kier molecular flexibility index (Phi) is 5.96. The first-order valence-electron chi connectivity index (χ1n) is 9.68. The quantitative estimate of drug-likeness (QED) is 0.415. The molecule has 6 nitrogen and oxygen atoms in total. The van der Waals surface area contributed by atoms with E-state index in [0.717, 1.165) is 16.6 Å². The lowest BCUT2D eigenvalue weighted by molar-refractivity contribution is -0.116. The van der Waals surface area contributed by atoms with Gasteiger partial charge in [0.05, 0.1) is 10.9 Å². The number of carbonyl (C=O) groups is 2. The Morgan fingerprint density at radius 3 is 2.41 bits per heavy atom. The van der Waals surface area contributed by atoms with Crippen LogP contribution in [0.1, 0.15) is 21.6 Å². The number of amides is 1. The smallest absolute Gasteiger partial charge is 0.244 e. The minimum atomic E-state index is -0.556. The number of hydrogen-bond donors (Lipinski definition) is 1. The van der Waals surface area contributed by atoms with Crippen molar-refractivity contribution in [3.8, 4) is 0 Å². The lowest BCUT2D eigenvalue weighted by Gasteiger charge is -2.13. The van der Waals surface area contributed by atoms with Crippen LogP contribution in [0.2, 0.25) is 0 Å².